The second-order valence-electron chi connectivity index (χ2n) is 2.81. The molecule has 60 valence electrons. The fourth-order valence-electron chi connectivity index (χ4n) is 1.07. The Bertz CT molecular complexity index is 220. The maximum atomic E-state index is 10.8. The molecule has 2 rings (SSSR count). The molecule has 4 heteroatoms. The van der Waals surface area contributed by atoms with E-state index in [1.165, 1.54) is 6.92 Å². The number of ether oxygens (including phenoxy) is 1. The molecule has 0 spiro atoms. The molecule has 2 unspecified atom stereocenters. The summed E-state index contributed by atoms with van der Waals surface area (Å²) < 4.78 is 5.01. The molecular formula is C7H9NO3. The van der Waals surface area contributed by atoms with Crippen LogP contribution in [0.15, 0.2) is 5.16 Å². The Balaban J connectivity index is 1.93. The summed E-state index contributed by atoms with van der Waals surface area (Å²) in [6.07, 6.45) is 0.782. The van der Waals surface area contributed by atoms with Gasteiger partial charge < -0.3 is 9.57 Å². The number of carbonyl (C=O) groups is 1. The molecule has 0 aromatic heterocycles. The van der Waals surface area contributed by atoms with Gasteiger partial charge in [-0.05, 0) is 0 Å². The summed E-state index contributed by atoms with van der Waals surface area (Å²) in [6.45, 7) is 2.24. The number of hydrogen-bond acceptors (Lipinski definition) is 4. The van der Waals surface area contributed by atoms with Crippen molar-refractivity contribution in [3.8, 4) is 0 Å². The zero-order valence-corrected chi connectivity index (χ0v) is 6.24. The lowest BCUT2D eigenvalue weighted by Gasteiger charge is -2.00. The van der Waals surface area contributed by atoms with Crippen molar-refractivity contribution < 1.29 is 14.4 Å². The standard InChI is InChI=1S/C7H9NO3/c1-4(9)5-2-6(11-8-5)7-3-10-7/h6-7H,2-3H2,1H3. The molecule has 0 aromatic rings. The first-order valence-electron chi connectivity index (χ1n) is 3.62. The van der Waals surface area contributed by atoms with E-state index in [-0.39, 0.29) is 18.0 Å². The number of oxime groups is 1. The molecule has 0 saturated carbocycles. The van der Waals surface area contributed by atoms with Gasteiger partial charge in [-0.15, -0.1) is 0 Å². The minimum atomic E-state index is -0.00634. The van der Waals surface area contributed by atoms with Gasteiger partial charge in [0.1, 0.15) is 11.8 Å². The Labute approximate surface area is 64.2 Å². The zero-order valence-electron chi connectivity index (χ0n) is 6.24. The van der Waals surface area contributed by atoms with Gasteiger partial charge in [-0.1, -0.05) is 5.16 Å². The fourth-order valence-corrected chi connectivity index (χ4v) is 1.07. The van der Waals surface area contributed by atoms with Crippen molar-refractivity contribution in [2.24, 2.45) is 5.16 Å². The van der Waals surface area contributed by atoms with Crippen molar-refractivity contribution in [2.45, 2.75) is 25.6 Å². The highest BCUT2D eigenvalue weighted by molar-refractivity contribution is 6.39. The zero-order chi connectivity index (χ0) is 7.84. The van der Waals surface area contributed by atoms with E-state index in [4.69, 9.17) is 9.57 Å². The average Bonchev–Trinajstić information content (AvgIpc) is 2.68. The van der Waals surface area contributed by atoms with E-state index < -0.39 is 0 Å². The molecular weight excluding hydrogens is 146 g/mol. The third-order valence-electron chi connectivity index (χ3n) is 1.87. The van der Waals surface area contributed by atoms with Crippen LogP contribution < -0.4 is 0 Å². The molecule has 0 N–H and O–H groups in total. The van der Waals surface area contributed by atoms with Crippen molar-refractivity contribution >= 4 is 11.5 Å². The van der Waals surface area contributed by atoms with Crippen molar-refractivity contribution in [1.82, 2.24) is 0 Å². The van der Waals surface area contributed by atoms with Gasteiger partial charge in [-0.3, -0.25) is 4.79 Å². The maximum Gasteiger partial charge on any atom is 0.177 e. The highest BCUT2D eigenvalue weighted by atomic mass is 16.7. The molecule has 2 aliphatic heterocycles. The smallest absolute Gasteiger partial charge is 0.177 e. The summed E-state index contributed by atoms with van der Waals surface area (Å²) in [5, 5.41) is 3.66. The molecule has 1 saturated heterocycles. The lowest BCUT2D eigenvalue weighted by Crippen LogP contribution is -2.17. The Morgan fingerprint density at radius 3 is 2.82 bits per heavy atom. The summed E-state index contributed by atoms with van der Waals surface area (Å²) in [6, 6.07) is 0. The van der Waals surface area contributed by atoms with Crippen LogP contribution in [-0.2, 0) is 14.4 Å². The predicted octanol–water partition coefficient (Wildman–Crippen LogP) is 0.119. The highest BCUT2D eigenvalue weighted by Crippen LogP contribution is 2.24. The molecule has 0 bridgehead atoms. The quantitative estimate of drug-likeness (QED) is 0.532. The van der Waals surface area contributed by atoms with E-state index in [0.29, 0.717) is 12.1 Å². The summed E-state index contributed by atoms with van der Waals surface area (Å²) in [4.78, 5) is 15.8. The van der Waals surface area contributed by atoms with Crippen molar-refractivity contribution in [3.05, 3.63) is 0 Å². The van der Waals surface area contributed by atoms with Crippen molar-refractivity contribution in [1.29, 1.82) is 0 Å². The van der Waals surface area contributed by atoms with Gasteiger partial charge in [-0.25, -0.2) is 0 Å². The van der Waals surface area contributed by atoms with E-state index in [1.807, 2.05) is 0 Å². The number of nitrogens with zero attached hydrogens (tertiary/aromatic N) is 1. The van der Waals surface area contributed by atoms with Gasteiger partial charge in [-0.2, -0.15) is 0 Å². The second kappa shape index (κ2) is 2.30. The predicted molar refractivity (Wildman–Crippen MR) is 37.3 cm³/mol. The molecule has 4 nitrogen and oxygen atoms in total. The number of hydrogen-bond donors (Lipinski definition) is 0. The Kier molecular flexibility index (Phi) is 1.42. The SMILES string of the molecule is CC(=O)C1=NOC(C2CO2)C1. The first-order valence-corrected chi connectivity index (χ1v) is 3.62. The third kappa shape index (κ3) is 1.26. The number of carbonyl (C=O) groups excluding carboxylic acids is 1. The van der Waals surface area contributed by atoms with E-state index >= 15 is 0 Å². The molecule has 11 heavy (non-hydrogen) atoms. The van der Waals surface area contributed by atoms with Crippen LogP contribution in [0.4, 0.5) is 0 Å². The van der Waals surface area contributed by atoms with E-state index in [2.05, 4.69) is 5.16 Å². The van der Waals surface area contributed by atoms with Gasteiger partial charge in [0.2, 0.25) is 0 Å². The average molecular weight is 155 g/mol. The van der Waals surface area contributed by atoms with Crippen LogP contribution in [0.25, 0.3) is 0 Å². The van der Waals surface area contributed by atoms with E-state index in [0.717, 1.165) is 6.61 Å². The molecule has 2 atom stereocenters. The van der Waals surface area contributed by atoms with Crippen LogP contribution in [-0.4, -0.2) is 30.3 Å². The Morgan fingerprint density at radius 1 is 1.64 bits per heavy atom. The molecule has 0 radical (unpaired) electrons. The normalized spacial score (nSPS) is 34.5. The van der Waals surface area contributed by atoms with Crippen molar-refractivity contribution in [3.63, 3.8) is 0 Å². The Hall–Kier alpha value is -0.900. The Morgan fingerprint density at radius 2 is 2.36 bits per heavy atom. The number of epoxide rings is 1. The largest absolute Gasteiger partial charge is 0.389 e. The van der Waals surface area contributed by atoms with Crippen LogP contribution in [0.5, 0.6) is 0 Å². The monoisotopic (exact) mass is 155 g/mol. The molecule has 0 amide bonds. The number of ketones is 1. The number of rotatable bonds is 2. The van der Waals surface area contributed by atoms with E-state index in [9.17, 15) is 4.79 Å². The second-order valence-corrected chi connectivity index (χ2v) is 2.81. The lowest BCUT2D eigenvalue weighted by molar-refractivity contribution is -0.111. The van der Waals surface area contributed by atoms with Gasteiger partial charge in [0.15, 0.2) is 11.9 Å². The van der Waals surface area contributed by atoms with Crippen LogP contribution in [0, 0.1) is 0 Å². The summed E-state index contributed by atoms with van der Waals surface area (Å²) in [5.74, 6) is -0.00634. The summed E-state index contributed by atoms with van der Waals surface area (Å²) in [5.41, 5.74) is 0.533. The lowest BCUT2D eigenvalue weighted by atomic mass is 10.1. The maximum absolute atomic E-state index is 10.8. The van der Waals surface area contributed by atoms with Crippen LogP contribution >= 0.6 is 0 Å². The minimum Gasteiger partial charge on any atom is -0.389 e. The van der Waals surface area contributed by atoms with E-state index in [1.54, 1.807) is 0 Å². The van der Waals surface area contributed by atoms with Gasteiger partial charge in [0.05, 0.1) is 6.61 Å². The first kappa shape index (κ1) is 6.79. The molecule has 0 aliphatic carbocycles. The molecule has 2 heterocycles. The minimum absolute atomic E-state index is 0.00565. The highest BCUT2D eigenvalue weighted by Gasteiger charge is 2.39. The van der Waals surface area contributed by atoms with Gasteiger partial charge >= 0.3 is 0 Å². The molecule has 2 aliphatic rings. The fraction of sp³-hybridized carbons (Fsp3) is 0.714. The summed E-state index contributed by atoms with van der Waals surface area (Å²) in [7, 11) is 0. The van der Waals surface area contributed by atoms with Crippen LogP contribution in [0.2, 0.25) is 0 Å². The third-order valence-corrected chi connectivity index (χ3v) is 1.87. The summed E-state index contributed by atoms with van der Waals surface area (Å²) >= 11 is 0. The number of Topliss-reactive ketones (excluding diaryl/α,β-unsaturated/α-hetero) is 1. The van der Waals surface area contributed by atoms with Crippen LogP contribution in [0.1, 0.15) is 13.3 Å². The molecule has 0 aromatic carbocycles. The first-order chi connectivity index (χ1) is 5.27. The molecule has 1 fully saturated rings. The topological polar surface area (TPSA) is 51.2 Å². The van der Waals surface area contributed by atoms with Crippen molar-refractivity contribution in [2.75, 3.05) is 6.61 Å². The van der Waals surface area contributed by atoms with Gasteiger partial charge in [0.25, 0.3) is 0 Å². The van der Waals surface area contributed by atoms with Crippen LogP contribution in [0.3, 0.4) is 0 Å². The van der Waals surface area contributed by atoms with Gasteiger partial charge in [0, 0.05) is 13.3 Å².